The second-order valence-electron chi connectivity index (χ2n) is 4.00. The lowest BCUT2D eigenvalue weighted by Crippen LogP contribution is -2.02. The number of nitrogens with zero attached hydrogens (tertiary/aromatic N) is 3. The maximum atomic E-state index is 4.55. The van der Waals surface area contributed by atoms with Crippen molar-refractivity contribution in [3.05, 3.63) is 78.1 Å². The molecule has 4 nitrogen and oxygen atoms in total. The molecule has 0 saturated heterocycles. The van der Waals surface area contributed by atoms with Gasteiger partial charge in [0.15, 0.2) is 0 Å². The predicted molar refractivity (Wildman–Crippen MR) is 74.6 cm³/mol. The smallest absolute Gasteiger partial charge is 0.244 e. The van der Waals surface area contributed by atoms with Crippen LogP contribution in [0.1, 0.15) is 11.1 Å². The molecule has 19 heavy (non-hydrogen) atoms. The number of hydrogen-bond donors (Lipinski definition) is 1. The molecule has 0 aliphatic heterocycles. The molecule has 92 valence electrons. The fraction of sp³-hybridized carbons (Fsp3) is 0. The monoisotopic (exact) mass is 248 g/mol. The van der Waals surface area contributed by atoms with Gasteiger partial charge in [0.2, 0.25) is 5.95 Å². The van der Waals surface area contributed by atoms with Gasteiger partial charge in [-0.25, -0.2) is 10.1 Å². The van der Waals surface area contributed by atoms with Crippen LogP contribution < -0.4 is 0 Å². The molecule has 0 atom stereocenters. The van der Waals surface area contributed by atoms with E-state index in [1.54, 1.807) is 0 Å². The standard InChI is InChI=1S/C15H12N4/c1-3-7-12(8-4-1)14(13-9-5-2-6-10-13)18-15-16-11-17-19-15/h1-11H,(H,16,17,19). The van der Waals surface area contributed by atoms with E-state index in [4.69, 9.17) is 0 Å². The van der Waals surface area contributed by atoms with E-state index in [1.165, 1.54) is 6.33 Å². The average molecular weight is 248 g/mol. The molecule has 4 heteroatoms. The van der Waals surface area contributed by atoms with Crippen molar-refractivity contribution in [1.82, 2.24) is 15.2 Å². The second kappa shape index (κ2) is 5.27. The summed E-state index contributed by atoms with van der Waals surface area (Å²) in [6.45, 7) is 0. The number of benzene rings is 2. The van der Waals surface area contributed by atoms with Gasteiger partial charge < -0.3 is 0 Å². The molecule has 0 spiro atoms. The molecular formula is C15H12N4. The summed E-state index contributed by atoms with van der Waals surface area (Å²) in [5.41, 5.74) is 2.97. The lowest BCUT2D eigenvalue weighted by molar-refractivity contribution is 1.08. The molecule has 1 N–H and O–H groups in total. The first-order valence-corrected chi connectivity index (χ1v) is 5.98. The molecule has 3 rings (SSSR count). The van der Waals surface area contributed by atoms with Crippen LogP contribution in [0.2, 0.25) is 0 Å². The molecule has 0 aliphatic carbocycles. The van der Waals surface area contributed by atoms with E-state index >= 15 is 0 Å². The van der Waals surface area contributed by atoms with E-state index in [-0.39, 0.29) is 0 Å². The summed E-state index contributed by atoms with van der Waals surface area (Å²) in [5, 5.41) is 6.58. The second-order valence-corrected chi connectivity index (χ2v) is 4.00. The third-order valence-electron chi connectivity index (χ3n) is 2.71. The summed E-state index contributed by atoms with van der Waals surface area (Å²) in [7, 11) is 0. The van der Waals surface area contributed by atoms with Gasteiger partial charge in [0.25, 0.3) is 0 Å². The van der Waals surface area contributed by atoms with Crippen molar-refractivity contribution in [3.8, 4) is 0 Å². The van der Waals surface area contributed by atoms with Crippen LogP contribution in [0.3, 0.4) is 0 Å². The highest BCUT2D eigenvalue weighted by Crippen LogP contribution is 2.14. The van der Waals surface area contributed by atoms with Gasteiger partial charge in [0.1, 0.15) is 6.33 Å². The molecule has 0 bridgehead atoms. The van der Waals surface area contributed by atoms with Crippen LogP contribution in [0.15, 0.2) is 72.0 Å². The molecule has 0 unspecified atom stereocenters. The molecule has 0 radical (unpaired) electrons. The Labute approximate surface area is 110 Å². The maximum absolute atomic E-state index is 4.55. The largest absolute Gasteiger partial charge is 0.245 e. The zero-order chi connectivity index (χ0) is 12.9. The minimum absolute atomic E-state index is 0.503. The van der Waals surface area contributed by atoms with Gasteiger partial charge in [-0.1, -0.05) is 60.7 Å². The Morgan fingerprint density at radius 3 is 1.89 bits per heavy atom. The van der Waals surface area contributed by atoms with E-state index in [0.29, 0.717) is 5.95 Å². The van der Waals surface area contributed by atoms with Crippen LogP contribution in [0.5, 0.6) is 0 Å². The summed E-state index contributed by atoms with van der Waals surface area (Å²) in [6.07, 6.45) is 1.45. The normalized spacial score (nSPS) is 10.1. The lowest BCUT2D eigenvalue weighted by atomic mass is 10.0. The molecule has 2 aromatic carbocycles. The molecular weight excluding hydrogens is 236 g/mol. The van der Waals surface area contributed by atoms with Crippen LogP contribution in [-0.4, -0.2) is 20.9 Å². The number of aliphatic imine (C=N–C) groups is 1. The van der Waals surface area contributed by atoms with Gasteiger partial charge in [0, 0.05) is 11.1 Å². The first kappa shape index (κ1) is 11.3. The van der Waals surface area contributed by atoms with E-state index in [9.17, 15) is 0 Å². The van der Waals surface area contributed by atoms with Crippen LogP contribution in [0, 0.1) is 0 Å². The highest BCUT2D eigenvalue weighted by atomic mass is 15.2. The molecule has 0 saturated carbocycles. The third-order valence-corrected chi connectivity index (χ3v) is 2.71. The van der Waals surface area contributed by atoms with E-state index < -0.39 is 0 Å². The summed E-state index contributed by atoms with van der Waals surface area (Å²) in [5.74, 6) is 0.503. The minimum Gasteiger partial charge on any atom is -0.244 e. The van der Waals surface area contributed by atoms with Gasteiger partial charge in [-0.2, -0.15) is 10.1 Å². The summed E-state index contributed by atoms with van der Waals surface area (Å²) < 4.78 is 0. The minimum atomic E-state index is 0.503. The van der Waals surface area contributed by atoms with Crippen molar-refractivity contribution < 1.29 is 0 Å². The number of nitrogens with one attached hydrogen (secondary N) is 1. The Hall–Kier alpha value is -2.75. The van der Waals surface area contributed by atoms with Crippen molar-refractivity contribution in [2.45, 2.75) is 0 Å². The predicted octanol–water partition coefficient (Wildman–Crippen LogP) is 2.97. The maximum Gasteiger partial charge on any atom is 0.245 e. The number of aromatic nitrogens is 3. The van der Waals surface area contributed by atoms with Crippen LogP contribution in [0.25, 0.3) is 0 Å². The average Bonchev–Trinajstić information content (AvgIpc) is 3.00. The fourth-order valence-corrected chi connectivity index (χ4v) is 1.85. The van der Waals surface area contributed by atoms with Crippen molar-refractivity contribution >= 4 is 11.7 Å². The molecule has 3 aromatic rings. The van der Waals surface area contributed by atoms with Gasteiger partial charge in [-0.15, -0.1) is 0 Å². The van der Waals surface area contributed by atoms with Gasteiger partial charge >= 0.3 is 0 Å². The van der Waals surface area contributed by atoms with Crippen molar-refractivity contribution in [2.24, 2.45) is 4.99 Å². The van der Waals surface area contributed by atoms with Crippen LogP contribution >= 0.6 is 0 Å². The Balaban J connectivity index is 2.12. The Morgan fingerprint density at radius 1 is 0.842 bits per heavy atom. The van der Waals surface area contributed by atoms with Gasteiger partial charge in [-0.3, -0.25) is 0 Å². The molecule has 0 amide bonds. The van der Waals surface area contributed by atoms with Gasteiger partial charge in [0.05, 0.1) is 5.71 Å². The van der Waals surface area contributed by atoms with E-state index in [2.05, 4.69) is 20.2 Å². The first-order chi connectivity index (χ1) is 9.43. The molecule has 0 fully saturated rings. The third kappa shape index (κ3) is 2.57. The van der Waals surface area contributed by atoms with E-state index in [0.717, 1.165) is 16.8 Å². The fourth-order valence-electron chi connectivity index (χ4n) is 1.85. The zero-order valence-corrected chi connectivity index (χ0v) is 10.2. The number of aromatic amines is 1. The quantitative estimate of drug-likeness (QED) is 0.724. The highest BCUT2D eigenvalue weighted by molar-refractivity contribution is 6.13. The first-order valence-electron chi connectivity index (χ1n) is 5.98. The van der Waals surface area contributed by atoms with Crippen LogP contribution in [-0.2, 0) is 0 Å². The summed E-state index contributed by atoms with van der Waals surface area (Å²) >= 11 is 0. The van der Waals surface area contributed by atoms with Crippen molar-refractivity contribution in [2.75, 3.05) is 0 Å². The Morgan fingerprint density at radius 2 is 1.42 bits per heavy atom. The SMILES string of the molecule is c1ccc(C(=Nc2ncn[nH]2)c2ccccc2)cc1. The molecule has 0 aliphatic rings. The van der Waals surface area contributed by atoms with Crippen molar-refractivity contribution in [3.63, 3.8) is 0 Å². The van der Waals surface area contributed by atoms with Crippen LogP contribution in [0.4, 0.5) is 5.95 Å². The number of H-pyrrole nitrogens is 1. The highest BCUT2D eigenvalue weighted by Gasteiger charge is 2.07. The summed E-state index contributed by atoms with van der Waals surface area (Å²) in [6, 6.07) is 20.1. The molecule has 1 heterocycles. The van der Waals surface area contributed by atoms with Crippen molar-refractivity contribution in [1.29, 1.82) is 0 Å². The molecule has 1 aromatic heterocycles. The number of rotatable bonds is 3. The zero-order valence-electron chi connectivity index (χ0n) is 10.2. The topological polar surface area (TPSA) is 53.9 Å². The summed E-state index contributed by atoms with van der Waals surface area (Å²) in [4.78, 5) is 8.60. The van der Waals surface area contributed by atoms with Gasteiger partial charge in [-0.05, 0) is 0 Å². The Kier molecular flexibility index (Phi) is 3.14. The van der Waals surface area contributed by atoms with E-state index in [1.807, 2.05) is 60.7 Å². The number of hydrogen-bond acceptors (Lipinski definition) is 3. The lowest BCUT2D eigenvalue weighted by Gasteiger charge is -2.06. The Bertz CT molecular complexity index is 616.